The molecule has 0 aromatic carbocycles. The number of ether oxygens (including phenoxy) is 2. The van der Waals surface area contributed by atoms with Gasteiger partial charge in [0.05, 0.1) is 31.1 Å². The number of nitrogens with two attached hydrogens (primary N) is 1. The zero-order valence-corrected chi connectivity index (χ0v) is 13.6. The van der Waals surface area contributed by atoms with Gasteiger partial charge in [0.15, 0.2) is 5.82 Å². The van der Waals surface area contributed by atoms with Gasteiger partial charge in [-0.2, -0.15) is 0 Å². The molecule has 23 heavy (non-hydrogen) atoms. The molecule has 2 N–H and O–H groups in total. The Morgan fingerprint density at radius 3 is 2.74 bits per heavy atom. The Kier molecular flexibility index (Phi) is 4.09. The minimum Gasteiger partial charge on any atom is -0.377 e. The van der Waals surface area contributed by atoms with Crippen molar-refractivity contribution in [3.63, 3.8) is 0 Å². The van der Waals surface area contributed by atoms with Crippen LogP contribution in [0.3, 0.4) is 0 Å². The first-order valence-electron chi connectivity index (χ1n) is 8.56. The Bertz CT molecular complexity index is 557. The highest BCUT2D eigenvalue weighted by Gasteiger charge is 2.35. The molecule has 4 rings (SSSR count). The lowest BCUT2D eigenvalue weighted by molar-refractivity contribution is 0.0301. The molecule has 3 aliphatic rings. The number of hydrogen-bond donors (Lipinski definition) is 1. The highest BCUT2D eigenvalue weighted by Crippen LogP contribution is 2.31. The van der Waals surface area contributed by atoms with E-state index in [4.69, 9.17) is 15.2 Å². The molecule has 1 aromatic heterocycles. The molecule has 7 nitrogen and oxygen atoms in total. The molecule has 0 aliphatic carbocycles. The van der Waals surface area contributed by atoms with Gasteiger partial charge in [0, 0.05) is 38.3 Å². The van der Waals surface area contributed by atoms with Crippen LogP contribution >= 0.6 is 0 Å². The van der Waals surface area contributed by atoms with E-state index in [1.807, 2.05) is 0 Å². The molecule has 126 valence electrons. The van der Waals surface area contributed by atoms with Gasteiger partial charge in [-0.1, -0.05) is 0 Å². The SMILES string of the molecule is C[C@H]1COCCN1c1cc(N2CC3CCC(C2)O3)nnc1CN. The summed E-state index contributed by atoms with van der Waals surface area (Å²) in [6.07, 6.45) is 3.00. The second-order valence-corrected chi connectivity index (χ2v) is 6.72. The monoisotopic (exact) mass is 319 g/mol. The van der Waals surface area contributed by atoms with E-state index in [-0.39, 0.29) is 0 Å². The van der Waals surface area contributed by atoms with Gasteiger partial charge in [-0.3, -0.25) is 0 Å². The van der Waals surface area contributed by atoms with Crippen molar-refractivity contribution in [2.24, 2.45) is 5.73 Å². The molecular weight excluding hydrogens is 294 g/mol. The van der Waals surface area contributed by atoms with E-state index < -0.39 is 0 Å². The summed E-state index contributed by atoms with van der Waals surface area (Å²) in [6.45, 7) is 6.75. The van der Waals surface area contributed by atoms with Crippen molar-refractivity contribution < 1.29 is 9.47 Å². The molecule has 2 unspecified atom stereocenters. The summed E-state index contributed by atoms with van der Waals surface area (Å²) in [7, 11) is 0. The molecular formula is C16H25N5O2. The third kappa shape index (κ3) is 2.88. The summed E-state index contributed by atoms with van der Waals surface area (Å²) in [5.41, 5.74) is 7.86. The van der Waals surface area contributed by atoms with Crippen molar-refractivity contribution in [3.8, 4) is 0 Å². The highest BCUT2D eigenvalue weighted by molar-refractivity contribution is 5.58. The normalized spacial score (nSPS) is 30.8. The minimum absolute atomic E-state index is 0.326. The lowest BCUT2D eigenvalue weighted by Crippen LogP contribution is -2.45. The largest absolute Gasteiger partial charge is 0.377 e. The van der Waals surface area contributed by atoms with Crippen LogP contribution in [-0.2, 0) is 16.0 Å². The number of aromatic nitrogens is 2. The fourth-order valence-electron chi connectivity index (χ4n) is 3.83. The Labute approximate surface area is 136 Å². The van der Waals surface area contributed by atoms with Crippen molar-refractivity contribution in [2.45, 2.75) is 44.6 Å². The second-order valence-electron chi connectivity index (χ2n) is 6.72. The molecule has 3 atom stereocenters. The van der Waals surface area contributed by atoms with Crippen molar-refractivity contribution in [1.29, 1.82) is 0 Å². The molecule has 0 amide bonds. The van der Waals surface area contributed by atoms with Crippen LogP contribution in [0.25, 0.3) is 0 Å². The number of hydrogen-bond acceptors (Lipinski definition) is 7. The molecule has 0 saturated carbocycles. The van der Waals surface area contributed by atoms with Crippen molar-refractivity contribution in [1.82, 2.24) is 10.2 Å². The predicted octanol–water partition coefficient (Wildman–Crippen LogP) is 0.528. The number of morpholine rings is 2. The first-order valence-corrected chi connectivity index (χ1v) is 8.56. The van der Waals surface area contributed by atoms with Crippen molar-refractivity contribution in [2.75, 3.05) is 42.6 Å². The molecule has 3 saturated heterocycles. The molecule has 2 bridgehead atoms. The quantitative estimate of drug-likeness (QED) is 0.870. The van der Waals surface area contributed by atoms with Crippen molar-refractivity contribution >= 4 is 11.5 Å². The van der Waals surface area contributed by atoms with E-state index >= 15 is 0 Å². The van der Waals surface area contributed by atoms with E-state index in [2.05, 4.69) is 33.0 Å². The van der Waals surface area contributed by atoms with Gasteiger partial charge in [0.25, 0.3) is 0 Å². The van der Waals surface area contributed by atoms with E-state index in [1.54, 1.807) is 0 Å². The van der Waals surface area contributed by atoms with E-state index in [9.17, 15) is 0 Å². The van der Waals surface area contributed by atoms with Gasteiger partial charge in [-0.15, -0.1) is 10.2 Å². The van der Waals surface area contributed by atoms with Gasteiger partial charge in [-0.05, 0) is 19.8 Å². The van der Waals surface area contributed by atoms with Gasteiger partial charge in [0.1, 0.15) is 5.69 Å². The molecule has 0 spiro atoms. The van der Waals surface area contributed by atoms with Crippen LogP contribution in [0.4, 0.5) is 11.5 Å². The summed E-state index contributed by atoms with van der Waals surface area (Å²) in [5, 5.41) is 8.85. The third-order valence-electron chi connectivity index (χ3n) is 5.07. The van der Waals surface area contributed by atoms with Crippen molar-refractivity contribution in [3.05, 3.63) is 11.8 Å². The molecule has 3 aliphatic heterocycles. The van der Waals surface area contributed by atoms with E-state index in [1.165, 1.54) is 0 Å². The molecule has 7 heteroatoms. The number of anilines is 2. The molecule has 4 heterocycles. The highest BCUT2D eigenvalue weighted by atomic mass is 16.5. The van der Waals surface area contributed by atoms with Gasteiger partial charge >= 0.3 is 0 Å². The summed E-state index contributed by atoms with van der Waals surface area (Å²) < 4.78 is 11.5. The topological polar surface area (TPSA) is 76.7 Å². The first-order chi connectivity index (χ1) is 11.2. The van der Waals surface area contributed by atoms with Crippen LogP contribution in [0, 0.1) is 0 Å². The fraction of sp³-hybridized carbons (Fsp3) is 0.750. The number of rotatable bonds is 3. The maximum Gasteiger partial charge on any atom is 0.153 e. The Balaban J connectivity index is 1.62. The Hall–Kier alpha value is -1.44. The maximum absolute atomic E-state index is 5.92. The van der Waals surface area contributed by atoms with Crippen LogP contribution in [0.5, 0.6) is 0 Å². The zero-order valence-electron chi connectivity index (χ0n) is 13.6. The average molecular weight is 319 g/mol. The zero-order chi connectivity index (χ0) is 15.8. The first kappa shape index (κ1) is 15.1. The van der Waals surface area contributed by atoms with E-state index in [0.717, 1.165) is 62.9 Å². The van der Waals surface area contributed by atoms with Crippen LogP contribution in [-0.4, -0.2) is 61.3 Å². The second kappa shape index (κ2) is 6.22. The molecule has 1 aromatic rings. The summed E-state index contributed by atoms with van der Waals surface area (Å²) in [4.78, 5) is 4.66. The summed E-state index contributed by atoms with van der Waals surface area (Å²) >= 11 is 0. The van der Waals surface area contributed by atoms with Gasteiger partial charge in [-0.25, -0.2) is 0 Å². The number of nitrogens with zero attached hydrogens (tertiary/aromatic N) is 4. The minimum atomic E-state index is 0.326. The number of fused-ring (bicyclic) bond motifs is 2. The lowest BCUT2D eigenvalue weighted by Gasteiger charge is -2.37. The molecule has 3 fully saturated rings. The van der Waals surface area contributed by atoms with Crippen LogP contribution in [0.15, 0.2) is 6.07 Å². The maximum atomic E-state index is 5.92. The summed E-state index contributed by atoms with van der Waals surface area (Å²) in [6, 6.07) is 2.48. The van der Waals surface area contributed by atoms with Crippen LogP contribution in [0.1, 0.15) is 25.5 Å². The van der Waals surface area contributed by atoms with E-state index in [0.29, 0.717) is 24.8 Å². The van der Waals surface area contributed by atoms with Gasteiger partial charge in [0.2, 0.25) is 0 Å². The summed E-state index contributed by atoms with van der Waals surface area (Å²) in [5.74, 6) is 0.941. The molecule has 0 radical (unpaired) electrons. The Morgan fingerprint density at radius 2 is 2.04 bits per heavy atom. The lowest BCUT2D eigenvalue weighted by atomic mass is 10.2. The average Bonchev–Trinajstić information content (AvgIpc) is 2.93. The predicted molar refractivity (Wildman–Crippen MR) is 87.7 cm³/mol. The standard InChI is InChI=1S/C16H25N5O2/c1-11-10-22-5-4-21(11)15-6-16(19-18-14(15)7-17)20-8-12-2-3-13(9-20)23-12/h6,11-13H,2-5,7-10,17H2,1H3/t11-,12?,13?/m0/s1. The van der Waals surface area contributed by atoms with Gasteiger partial charge < -0.3 is 25.0 Å². The third-order valence-corrected chi connectivity index (χ3v) is 5.07. The Morgan fingerprint density at radius 1 is 1.26 bits per heavy atom. The fourth-order valence-corrected chi connectivity index (χ4v) is 3.83. The van der Waals surface area contributed by atoms with Crippen LogP contribution in [0.2, 0.25) is 0 Å². The smallest absolute Gasteiger partial charge is 0.153 e. The van der Waals surface area contributed by atoms with Crippen LogP contribution < -0.4 is 15.5 Å².